The number of thioether (sulfide) groups is 1. The minimum atomic E-state index is -0.0651. The van der Waals surface area contributed by atoms with E-state index in [0.717, 1.165) is 0 Å². The lowest BCUT2D eigenvalue weighted by Gasteiger charge is -2.26. The van der Waals surface area contributed by atoms with Gasteiger partial charge >= 0.3 is 0 Å². The Hall–Kier alpha value is -1.01. The van der Waals surface area contributed by atoms with Crippen LogP contribution in [-0.2, 0) is 14.3 Å². The molecule has 0 radical (unpaired) electrons. The van der Waals surface area contributed by atoms with E-state index in [9.17, 15) is 9.59 Å². The second-order valence-electron chi connectivity index (χ2n) is 3.58. The number of amides is 2. The molecule has 17 heavy (non-hydrogen) atoms. The Kier molecular flexibility index (Phi) is 6.73. The highest BCUT2D eigenvalue weighted by Gasteiger charge is 2.16. The van der Waals surface area contributed by atoms with Crippen molar-refractivity contribution in [2.24, 2.45) is 0 Å². The number of rotatable bonds is 6. The van der Waals surface area contributed by atoms with Gasteiger partial charge in [0.15, 0.2) is 0 Å². The highest BCUT2D eigenvalue weighted by Crippen LogP contribution is 2.04. The Morgan fingerprint density at radius 1 is 1.35 bits per heavy atom. The Bertz CT molecular complexity index is 278. The van der Waals surface area contributed by atoms with Crippen LogP contribution < -0.4 is 5.32 Å². The number of carbonyl (C=O) groups excluding carboxylic acids is 2. The lowest BCUT2D eigenvalue weighted by Crippen LogP contribution is -2.41. The van der Waals surface area contributed by atoms with Crippen molar-refractivity contribution in [3.63, 3.8) is 0 Å². The lowest BCUT2D eigenvalue weighted by atomic mass is 10.4. The predicted octanol–water partition coefficient (Wildman–Crippen LogP) is -0.119. The van der Waals surface area contributed by atoms with Gasteiger partial charge in [0.05, 0.1) is 24.7 Å². The Balaban J connectivity index is 2.10. The zero-order valence-electron chi connectivity index (χ0n) is 9.81. The Morgan fingerprint density at radius 3 is 2.71 bits per heavy atom. The third kappa shape index (κ3) is 5.74. The molecule has 6 heteroatoms. The van der Waals surface area contributed by atoms with Crippen molar-refractivity contribution in [3.05, 3.63) is 12.7 Å². The van der Waals surface area contributed by atoms with Crippen LogP contribution in [-0.4, -0.2) is 61.1 Å². The first-order valence-corrected chi connectivity index (χ1v) is 6.70. The Morgan fingerprint density at radius 2 is 2.06 bits per heavy atom. The average Bonchev–Trinajstić information content (AvgIpc) is 2.37. The third-order valence-electron chi connectivity index (χ3n) is 2.27. The highest BCUT2D eigenvalue weighted by atomic mass is 32.2. The van der Waals surface area contributed by atoms with Crippen molar-refractivity contribution in [3.8, 4) is 0 Å². The van der Waals surface area contributed by atoms with E-state index in [4.69, 9.17) is 4.74 Å². The van der Waals surface area contributed by atoms with Crippen molar-refractivity contribution < 1.29 is 14.3 Å². The van der Waals surface area contributed by atoms with E-state index in [2.05, 4.69) is 11.9 Å². The van der Waals surface area contributed by atoms with Crippen LogP contribution in [0.25, 0.3) is 0 Å². The van der Waals surface area contributed by atoms with Crippen LogP contribution in [0.2, 0.25) is 0 Å². The van der Waals surface area contributed by atoms with Gasteiger partial charge in [-0.05, 0) is 0 Å². The summed E-state index contributed by atoms with van der Waals surface area (Å²) in [4.78, 5) is 24.7. The van der Waals surface area contributed by atoms with Crippen molar-refractivity contribution in [2.45, 2.75) is 0 Å². The molecule has 0 saturated carbocycles. The summed E-state index contributed by atoms with van der Waals surface area (Å²) in [5.74, 6) is 0.672. The molecular weight excluding hydrogens is 240 g/mol. The molecule has 1 aliphatic rings. The molecule has 0 aromatic carbocycles. The van der Waals surface area contributed by atoms with Crippen molar-refractivity contribution >= 4 is 23.6 Å². The quantitative estimate of drug-likeness (QED) is 0.675. The number of carbonyl (C=O) groups is 2. The first kappa shape index (κ1) is 14.1. The molecule has 96 valence electrons. The van der Waals surface area contributed by atoms with Crippen LogP contribution in [0.1, 0.15) is 0 Å². The van der Waals surface area contributed by atoms with E-state index < -0.39 is 0 Å². The second-order valence-corrected chi connectivity index (χ2v) is 4.56. The first-order valence-electron chi connectivity index (χ1n) is 5.55. The van der Waals surface area contributed by atoms with E-state index in [1.165, 1.54) is 11.8 Å². The first-order chi connectivity index (χ1) is 8.24. The van der Waals surface area contributed by atoms with Crippen LogP contribution in [0.5, 0.6) is 0 Å². The van der Waals surface area contributed by atoms with Crippen molar-refractivity contribution in [1.29, 1.82) is 0 Å². The van der Waals surface area contributed by atoms with E-state index in [1.807, 2.05) is 0 Å². The normalized spacial score (nSPS) is 15.4. The summed E-state index contributed by atoms with van der Waals surface area (Å²) >= 11 is 1.34. The summed E-state index contributed by atoms with van der Waals surface area (Å²) < 4.78 is 5.16. The van der Waals surface area contributed by atoms with Gasteiger partial charge in [0.25, 0.3) is 0 Å². The van der Waals surface area contributed by atoms with E-state index >= 15 is 0 Å². The molecule has 1 saturated heterocycles. The van der Waals surface area contributed by atoms with Crippen molar-refractivity contribution in [2.75, 3.05) is 44.4 Å². The SMILES string of the molecule is C=CCNC(=O)CSCC(=O)N1CCOCC1. The molecule has 0 spiro atoms. The number of nitrogens with zero attached hydrogens (tertiary/aromatic N) is 1. The molecule has 1 fully saturated rings. The fourth-order valence-corrected chi connectivity index (χ4v) is 2.12. The van der Waals surface area contributed by atoms with Crippen LogP contribution in [0, 0.1) is 0 Å². The summed E-state index contributed by atoms with van der Waals surface area (Å²) in [6, 6.07) is 0. The Labute approximate surface area is 106 Å². The number of nitrogens with one attached hydrogen (secondary N) is 1. The summed E-state index contributed by atoms with van der Waals surface area (Å²) in [7, 11) is 0. The van der Waals surface area contributed by atoms with E-state index in [1.54, 1.807) is 11.0 Å². The van der Waals surface area contributed by atoms with E-state index in [0.29, 0.717) is 44.4 Å². The topological polar surface area (TPSA) is 58.6 Å². The minimum absolute atomic E-state index is 0.0651. The van der Waals surface area contributed by atoms with Gasteiger partial charge in [-0.15, -0.1) is 18.3 Å². The van der Waals surface area contributed by atoms with Crippen LogP contribution in [0.15, 0.2) is 12.7 Å². The number of morpholine rings is 1. The molecule has 2 amide bonds. The molecule has 1 aliphatic heterocycles. The largest absolute Gasteiger partial charge is 0.378 e. The fraction of sp³-hybridized carbons (Fsp3) is 0.636. The maximum Gasteiger partial charge on any atom is 0.232 e. The zero-order valence-corrected chi connectivity index (χ0v) is 10.6. The van der Waals surface area contributed by atoms with Crippen molar-refractivity contribution in [1.82, 2.24) is 10.2 Å². The summed E-state index contributed by atoms with van der Waals surface area (Å²) in [5, 5.41) is 2.66. The standard InChI is InChI=1S/C11H18N2O3S/c1-2-3-12-10(14)8-17-9-11(15)13-4-6-16-7-5-13/h2H,1,3-9H2,(H,12,14). The number of ether oxygens (including phenoxy) is 1. The summed E-state index contributed by atoms with van der Waals surface area (Å²) in [6.45, 7) is 6.50. The molecule has 0 aromatic rings. The van der Waals surface area contributed by atoms with Gasteiger partial charge in [-0.1, -0.05) is 6.08 Å². The van der Waals surface area contributed by atoms with E-state index in [-0.39, 0.29) is 11.8 Å². The highest BCUT2D eigenvalue weighted by molar-refractivity contribution is 8.00. The monoisotopic (exact) mass is 258 g/mol. The molecule has 1 heterocycles. The average molecular weight is 258 g/mol. The maximum absolute atomic E-state index is 11.7. The van der Waals surface area contributed by atoms with Gasteiger partial charge in [-0.3, -0.25) is 9.59 Å². The van der Waals surface area contributed by atoms with Gasteiger partial charge in [-0.2, -0.15) is 0 Å². The van der Waals surface area contributed by atoms with Crippen LogP contribution in [0.4, 0.5) is 0 Å². The third-order valence-corrected chi connectivity index (χ3v) is 3.18. The van der Waals surface area contributed by atoms with Gasteiger partial charge in [0, 0.05) is 19.6 Å². The second kappa shape index (κ2) is 8.14. The number of hydrogen-bond acceptors (Lipinski definition) is 4. The molecule has 5 nitrogen and oxygen atoms in total. The van der Waals surface area contributed by atoms with Gasteiger partial charge in [0.2, 0.25) is 11.8 Å². The predicted molar refractivity (Wildman–Crippen MR) is 67.9 cm³/mol. The molecular formula is C11H18N2O3S. The minimum Gasteiger partial charge on any atom is -0.378 e. The zero-order chi connectivity index (χ0) is 12.5. The summed E-state index contributed by atoms with van der Waals surface area (Å²) in [6.07, 6.45) is 1.63. The molecule has 1 N–H and O–H groups in total. The molecule has 0 aromatic heterocycles. The van der Waals surface area contributed by atoms with Gasteiger partial charge in [-0.25, -0.2) is 0 Å². The lowest BCUT2D eigenvalue weighted by molar-refractivity contribution is -0.132. The van der Waals surface area contributed by atoms with Crippen LogP contribution >= 0.6 is 11.8 Å². The molecule has 0 unspecified atom stereocenters. The van der Waals surface area contributed by atoms with Crippen LogP contribution in [0.3, 0.4) is 0 Å². The fourth-order valence-electron chi connectivity index (χ4n) is 1.37. The van der Waals surface area contributed by atoms with Gasteiger partial charge in [0.1, 0.15) is 0 Å². The molecule has 1 rings (SSSR count). The number of hydrogen-bond donors (Lipinski definition) is 1. The molecule has 0 atom stereocenters. The maximum atomic E-state index is 11.7. The van der Waals surface area contributed by atoms with Gasteiger partial charge < -0.3 is 15.0 Å². The summed E-state index contributed by atoms with van der Waals surface area (Å²) in [5.41, 5.74) is 0. The molecule has 0 bridgehead atoms. The smallest absolute Gasteiger partial charge is 0.232 e. The molecule has 0 aliphatic carbocycles.